The van der Waals surface area contributed by atoms with Gasteiger partial charge in [-0.3, -0.25) is 4.40 Å². The predicted octanol–water partition coefficient (Wildman–Crippen LogP) is 2.59. The molecule has 0 fully saturated rings. The van der Waals surface area contributed by atoms with E-state index in [0.29, 0.717) is 11.3 Å². The molecule has 0 spiro atoms. The van der Waals surface area contributed by atoms with Gasteiger partial charge in [-0.15, -0.1) is 5.10 Å². The van der Waals surface area contributed by atoms with Crippen LogP contribution in [0.2, 0.25) is 0 Å². The van der Waals surface area contributed by atoms with Gasteiger partial charge in [-0.05, 0) is 55.5 Å². The van der Waals surface area contributed by atoms with Crippen molar-refractivity contribution in [1.29, 1.82) is 0 Å². The number of aromatic nitrogens is 5. The summed E-state index contributed by atoms with van der Waals surface area (Å²) in [4.78, 5) is 25.1. The molecule has 3 heterocycles. The third-order valence-electron chi connectivity index (χ3n) is 5.74. The van der Waals surface area contributed by atoms with E-state index in [0.717, 1.165) is 42.6 Å². The molecule has 0 bridgehead atoms. The maximum Gasteiger partial charge on any atom is 0.359 e. The van der Waals surface area contributed by atoms with E-state index in [9.17, 15) is 9.59 Å². The van der Waals surface area contributed by atoms with E-state index < -0.39 is 5.97 Å². The molecule has 5 rings (SSSR count). The number of aryl methyl sites for hydroxylation is 1. The number of esters is 1. The van der Waals surface area contributed by atoms with Gasteiger partial charge in [0, 0.05) is 17.5 Å². The zero-order chi connectivity index (χ0) is 21.4. The highest BCUT2D eigenvalue weighted by Crippen LogP contribution is 2.28. The topological polar surface area (TPSA) is 83.4 Å². The highest BCUT2D eigenvalue weighted by Gasteiger charge is 2.27. The highest BCUT2D eigenvalue weighted by atomic mass is 16.5. The van der Waals surface area contributed by atoms with Crippen LogP contribution in [0, 0.1) is 0 Å². The zero-order valence-electron chi connectivity index (χ0n) is 17.3. The monoisotopic (exact) mass is 417 g/mol. The molecule has 3 aromatic heterocycles. The SMILES string of the molecule is CCc1ccc(-n2nc(C(=O)OCCn3nc4ccccn4c3=O)c3c2CCC3)cc1. The maximum absolute atomic E-state index is 12.8. The molecule has 0 aliphatic heterocycles. The van der Waals surface area contributed by atoms with Gasteiger partial charge in [0.05, 0.1) is 12.2 Å². The van der Waals surface area contributed by atoms with Crippen LogP contribution >= 0.6 is 0 Å². The number of hydrogen-bond donors (Lipinski definition) is 0. The van der Waals surface area contributed by atoms with Gasteiger partial charge in [-0.1, -0.05) is 25.1 Å². The van der Waals surface area contributed by atoms with Crippen LogP contribution in [0.4, 0.5) is 0 Å². The number of fused-ring (bicyclic) bond motifs is 2. The van der Waals surface area contributed by atoms with E-state index in [1.165, 1.54) is 14.6 Å². The fourth-order valence-electron chi connectivity index (χ4n) is 4.09. The molecule has 0 amide bonds. The number of rotatable bonds is 6. The summed E-state index contributed by atoms with van der Waals surface area (Å²) in [6, 6.07) is 13.6. The molecule has 0 saturated carbocycles. The summed E-state index contributed by atoms with van der Waals surface area (Å²) in [5, 5.41) is 8.84. The van der Waals surface area contributed by atoms with E-state index in [1.807, 2.05) is 22.9 Å². The summed E-state index contributed by atoms with van der Waals surface area (Å²) < 4.78 is 10.1. The lowest BCUT2D eigenvalue weighted by molar-refractivity contribution is 0.0478. The van der Waals surface area contributed by atoms with E-state index in [4.69, 9.17) is 4.74 Å². The van der Waals surface area contributed by atoms with Crippen molar-refractivity contribution in [3.8, 4) is 5.69 Å². The van der Waals surface area contributed by atoms with Gasteiger partial charge in [0.2, 0.25) is 0 Å². The molecule has 1 aliphatic carbocycles. The maximum atomic E-state index is 12.8. The van der Waals surface area contributed by atoms with Gasteiger partial charge >= 0.3 is 11.7 Å². The third kappa shape index (κ3) is 3.43. The molecule has 0 saturated heterocycles. The number of carbonyl (C=O) groups excluding carboxylic acids is 1. The van der Waals surface area contributed by atoms with Gasteiger partial charge < -0.3 is 4.74 Å². The summed E-state index contributed by atoms with van der Waals surface area (Å²) in [6.45, 7) is 2.36. The second-order valence-electron chi connectivity index (χ2n) is 7.63. The first-order chi connectivity index (χ1) is 15.2. The normalized spacial score (nSPS) is 12.9. The number of hydrogen-bond acceptors (Lipinski definition) is 5. The Balaban J connectivity index is 1.33. The minimum Gasteiger partial charge on any atom is -0.459 e. The predicted molar refractivity (Wildman–Crippen MR) is 115 cm³/mol. The fourth-order valence-corrected chi connectivity index (χ4v) is 4.09. The largest absolute Gasteiger partial charge is 0.459 e. The molecule has 4 aromatic rings. The van der Waals surface area contributed by atoms with E-state index in [2.05, 4.69) is 29.3 Å². The van der Waals surface area contributed by atoms with Gasteiger partial charge in [-0.25, -0.2) is 19.0 Å². The van der Waals surface area contributed by atoms with Crippen molar-refractivity contribution < 1.29 is 9.53 Å². The quantitative estimate of drug-likeness (QED) is 0.450. The van der Waals surface area contributed by atoms with Crippen molar-refractivity contribution >= 4 is 11.6 Å². The number of nitrogens with zero attached hydrogens (tertiary/aromatic N) is 5. The van der Waals surface area contributed by atoms with Crippen molar-refractivity contribution in [3.63, 3.8) is 0 Å². The van der Waals surface area contributed by atoms with Crippen molar-refractivity contribution in [2.24, 2.45) is 0 Å². The summed E-state index contributed by atoms with van der Waals surface area (Å²) in [5.41, 5.74) is 4.92. The summed E-state index contributed by atoms with van der Waals surface area (Å²) in [7, 11) is 0. The molecule has 0 radical (unpaired) electrons. The Morgan fingerprint density at radius 1 is 1.10 bits per heavy atom. The summed E-state index contributed by atoms with van der Waals surface area (Å²) >= 11 is 0. The average molecular weight is 417 g/mol. The Kier molecular flexibility index (Phi) is 4.89. The molecule has 8 heteroatoms. The van der Waals surface area contributed by atoms with E-state index in [-0.39, 0.29) is 18.8 Å². The Morgan fingerprint density at radius 3 is 2.71 bits per heavy atom. The lowest BCUT2D eigenvalue weighted by atomic mass is 10.1. The number of benzene rings is 1. The second kappa shape index (κ2) is 7.86. The minimum atomic E-state index is -0.459. The summed E-state index contributed by atoms with van der Waals surface area (Å²) in [5.74, 6) is -0.459. The van der Waals surface area contributed by atoms with Gasteiger partial charge in [0.1, 0.15) is 6.61 Å². The standard InChI is InChI=1S/C23H23N5O3/c1-2-16-9-11-17(12-10-16)28-19-7-5-6-18(19)21(25-28)22(29)31-15-14-27-23(30)26-13-4-3-8-20(26)24-27/h3-4,8-13H,2,5-7,14-15H2,1H3. The molecule has 1 aliphatic rings. The number of ether oxygens (including phenoxy) is 1. The van der Waals surface area contributed by atoms with Crippen LogP contribution in [0.25, 0.3) is 11.3 Å². The molecular weight excluding hydrogens is 394 g/mol. The van der Waals surface area contributed by atoms with Crippen LogP contribution in [0.15, 0.2) is 53.5 Å². The Labute approximate surface area is 178 Å². The van der Waals surface area contributed by atoms with E-state index in [1.54, 1.807) is 18.3 Å². The lowest BCUT2D eigenvalue weighted by Crippen LogP contribution is -2.24. The molecule has 0 unspecified atom stereocenters. The third-order valence-corrected chi connectivity index (χ3v) is 5.74. The lowest BCUT2D eigenvalue weighted by Gasteiger charge is -2.06. The molecule has 1 aromatic carbocycles. The average Bonchev–Trinajstić information content (AvgIpc) is 3.49. The molecule has 0 N–H and O–H groups in total. The Morgan fingerprint density at radius 2 is 1.94 bits per heavy atom. The molecule has 31 heavy (non-hydrogen) atoms. The van der Waals surface area contributed by atoms with Gasteiger partial charge in [0.15, 0.2) is 11.3 Å². The number of carbonyl (C=O) groups is 1. The van der Waals surface area contributed by atoms with Crippen molar-refractivity contribution in [2.75, 3.05) is 6.61 Å². The smallest absolute Gasteiger partial charge is 0.359 e. The first-order valence-electron chi connectivity index (χ1n) is 10.6. The first kappa shape index (κ1) is 19.3. The molecular formula is C23H23N5O3. The Bertz CT molecular complexity index is 1310. The van der Waals surface area contributed by atoms with Gasteiger partial charge in [0.25, 0.3) is 0 Å². The van der Waals surface area contributed by atoms with Crippen LogP contribution in [-0.2, 0) is 30.5 Å². The zero-order valence-corrected chi connectivity index (χ0v) is 17.3. The summed E-state index contributed by atoms with van der Waals surface area (Å²) in [6.07, 6.45) is 5.35. The molecule has 158 valence electrons. The van der Waals surface area contributed by atoms with Gasteiger partial charge in [-0.2, -0.15) is 5.10 Å². The molecule has 8 nitrogen and oxygen atoms in total. The van der Waals surface area contributed by atoms with Crippen LogP contribution in [-0.4, -0.2) is 36.5 Å². The van der Waals surface area contributed by atoms with Crippen LogP contribution in [0.3, 0.4) is 0 Å². The van der Waals surface area contributed by atoms with Crippen molar-refractivity contribution in [3.05, 3.63) is 81.7 Å². The van der Waals surface area contributed by atoms with Crippen molar-refractivity contribution in [2.45, 2.75) is 39.2 Å². The van der Waals surface area contributed by atoms with Crippen LogP contribution in [0.1, 0.15) is 40.7 Å². The van der Waals surface area contributed by atoms with Crippen LogP contribution in [0.5, 0.6) is 0 Å². The van der Waals surface area contributed by atoms with E-state index >= 15 is 0 Å². The Hall–Kier alpha value is -3.68. The molecule has 0 atom stereocenters. The first-order valence-corrected chi connectivity index (χ1v) is 10.6. The van der Waals surface area contributed by atoms with Crippen molar-refractivity contribution in [1.82, 2.24) is 24.0 Å². The fraction of sp³-hybridized carbons (Fsp3) is 0.304. The second-order valence-corrected chi connectivity index (χ2v) is 7.63. The van der Waals surface area contributed by atoms with Crippen LogP contribution < -0.4 is 5.69 Å². The number of pyridine rings is 1. The highest BCUT2D eigenvalue weighted by molar-refractivity contribution is 5.89. The minimum absolute atomic E-state index is 0.0510.